The van der Waals surface area contributed by atoms with Crippen LogP contribution in [0, 0.1) is 0 Å². The molecule has 0 aliphatic heterocycles. The van der Waals surface area contributed by atoms with Crippen molar-refractivity contribution in [3.05, 3.63) is 11.9 Å². The van der Waals surface area contributed by atoms with Crippen molar-refractivity contribution in [2.24, 2.45) is 5.73 Å². The zero-order chi connectivity index (χ0) is 14.5. The standard InChI is InChI=1S/C12H21N5O2/c1-12(2,3)11-16-8(13)6-10(17-11)15-4-5-19-7-9(14)18/h6H,4-5,7H2,1-3H3,(H2,14,18)(H3,13,15,16,17). The molecule has 0 bridgehead atoms. The van der Waals surface area contributed by atoms with Gasteiger partial charge in [-0.15, -0.1) is 0 Å². The van der Waals surface area contributed by atoms with Crippen LogP contribution in [-0.2, 0) is 14.9 Å². The average molecular weight is 267 g/mol. The number of ether oxygens (including phenoxy) is 1. The normalized spacial score (nSPS) is 11.3. The Labute approximate surface area is 112 Å². The number of hydrogen-bond acceptors (Lipinski definition) is 6. The third-order valence-electron chi connectivity index (χ3n) is 2.21. The van der Waals surface area contributed by atoms with Gasteiger partial charge in [-0.25, -0.2) is 9.97 Å². The Balaban J connectivity index is 2.54. The van der Waals surface area contributed by atoms with Crippen molar-refractivity contribution in [1.82, 2.24) is 9.97 Å². The number of carbonyl (C=O) groups is 1. The van der Waals surface area contributed by atoms with E-state index in [1.165, 1.54) is 0 Å². The monoisotopic (exact) mass is 267 g/mol. The predicted molar refractivity (Wildman–Crippen MR) is 73.6 cm³/mol. The summed E-state index contributed by atoms with van der Waals surface area (Å²) in [4.78, 5) is 19.1. The number of anilines is 2. The Morgan fingerprint density at radius 3 is 2.68 bits per heavy atom. The number of amides is 1. The zero-order valence-electron chi connectivity index (χ0n) is 11.6. The lowest BCUT2D eigenvalue weighted by molar-refractivity contribution is -0.122. The molecule has 0 fully saturated rings. The van der Waals surface area contributed by atoms with Gasteiger partial charge in [-0.2, -0.15) is 0 Å². The van der Waals surface area contributed by atoms with Crippen LogP contribution < -0.4 is 16.8 Å². The molecule has 1 aromatic rings. The minimum Gasteiger partial charge on any atom is -0.384 e. The van der Waals surface area contributed by atoms with E-state index in [1.54, 1.807) is 6.07 Å². The summed E-state index contributed by atoms with van der Waals surface area (Å²) >= 11 is 0. The Kier molecular flexibility index (Phi) is 5.05. The fourth-order valence-corrected chi connectivity index (χ4v) is 1.32. The predicted octanol–water partition coefficient (Wildman–Crippen LogP) is 0.270. The number of rotatable bonds is 6. The number of nitrogen functional groups attached to an aromatic ring is 1. The first-order valence-corrected chi connectivity index (χ1v) is 6.04. The van der Waals surface area contributed by atoms with Crippen LogP contribution in [0.15, 0.2) is 6.07 Å². The van der Waals surface area contributed by atoms with E-state index in [9.17, 15) is 4.79 Å². The molecule has 0 unspecified atom stereocenters. The maximum Gasteiger partial charge on any atom is 0.243 e. The van der Waals surface area contributed by atoms with Crippen LogP contribution in [-0.4, -0.2) is 35.6 Å². The first-order valence-electron chi connectivity index (χ1n) is 6.04. The molecular formula is C12H21N5O2. The highest BCUT2D eigenvalue weighted by atomic mass is 16.5. The third kappa shape index (κ3) is 5.52. The summed E-state index contributed by atoms with van der Waals surface area (Å²) in [6, 6.07) is 1.66. The van der Waals surface area contributed by atoms with Crippen molar-refractivity contribution in [3.63, 3.8) is 0 Å². The minimum absolute atomic E-state index is 0.0825. The summed E-state index contributed by atoms with van der Waals surface area (Å²) in [6.45, 7) is 6.83. The first kappa shape index (κ1) is 15.2. The number of carbonyl (C=O) groups excluding carboxylic acids is 1. The molecule has 1 heterocycles. The molecular weight excluding hydrogens is 246 g/mol. The molecule has 106 valence electrons. The highest BCUT2D eigenvalue weighted by molar-refractivity contribution is 5.74. The molecule has 0 aliphatic carbocycles. The number of nitrogens with two attached hydrogens (primary N) is 2. The lowest BCUT2D eigenvalue weighted by atomic mass is 9.96. The first-order chi connectivity index (χ1) is 8.79. The molecule has 1 aromatic heterocycles. The van der Waals surface area contributed by atoms with E-state index in [0.717, 1.165) is 0 Å². The van der Waals surface area contributed by atoms with Gasteiger partial charge in [-0.1, -0.05) is 20.8 Å². The quantitative estimate of drug-likeness (QED) is 0.637. The summed E-state index contributed by atoms with van der Waals surface area (Å²) < 4.78 is 5.03. The average Bonchev–Trinajstić information content (AvgIpc) is 2.26. The summed E-state index contributed by atoms with van der Waals surface area (Å²) in [5.74, 6) is 1.25. The van der Waals surface area contributed by atoms with Crippen LogP contribution in [0.2, 0.25) is 0 Å². The lowest BCUT2D eigenvalue weighted by Gasteiger charge is -2.18. The van der Waals surface area contributed by atoms with Gasteiger partial charge in [0.2, 0.25) is 5.91 Å². The van der Waals surface area contributed by atoms with E-state index < -0.39 is 5.91 Å². The smallest absolute Gasteiger partial charge is 0.243 e. The van der Waals surface area contributed by atoms with Gasteiger partial charge in [0.25, 0.3) is 0 Å². The highest BCUT2D eigenvalue weighted by Crippen LogP contribution is 2.20. The maximum atomic E-state index is 10.5. The molecule has 19 heavy (non-hydrogen) atoms. The van der Waals surface area contributed by atoms with Crippen LogP contribution in [0.5, 0.6) is 0 Å². The van der Waals surface area contributed by atoms with E-state index in [4.69, 9.17) is 16.2 Å². The van der Waals surface area contributed by atoms with E-state index in [2.05, 4.69) is 15.3 Å². The van der Waals surface area contributed by atoms with Gasteiger partial charge >= 0.3 is 0 Å². The molecule has 0 spiro atoms. The molecule has 0 saturated heterocycles. The molecule has 1 rings (SSSR count). The molecule has 0 aliphatic rings. The summed E-state index contributed by atoms with van der Waals surface area (Å²) in [6.07, 6.45) is 0. The molecule has 0 atom stereocenters. The Morgan fingerprint density at radius 1 is 1.42 bits per heavy atom. The molecule has 5 N–H and O–H groups in total. The van der Waals surface area contributed by atoms with Gasteiger partial charge < -0.3 is 21.5 Å². The largest absolute Gasteiger partial charge is 0.384 e. The second-order valence-corrected chi connectivity index (χ2v) is 5.20. The number of nitrogens with zero attached hydrogens (tertiary/aromatic N) is 2. The van der Waals surface area contributed by atoms with Gasteiger partial charge in [-0.05, 0) is 0 Å². The van der Waals surface area contributed by atoms with Crippen molar-refractivity contribution >= 4 is 17.5 Å². The Morgan fingerprint density at radius 2 is 2.11 bits per heavy atom. The molecule has 7 heteroatoms. The maximum absolute atomic E-state index is 10.5. The second kappa shape index (κ2) is 6.33. The summed E-state index contributed by atoms with van der Waals surface area (Å²) in [5, 5.41) is 3.06. The van der Waals surface area contributed by atoms with Gasteiger partial charge in [-0.3, -0.25) is 4.79 Å². The topological polar surface area (TPSA) is 116 Å². The summed E-state index contributed by atoms with van der Waals surface area (Å²) in [7, 11) is 0. The van der Waals surface area contributed by atoms with Crippen molar-refractivity contribution in [2.45, 2.75) is 26.2 Å². The number of hydrogen-bond donors (Lipinski definition) is 3. The molecule has 1 amide bonds. The number of nitrogens with one attached hydrogen (secondary N) is 1. The number of aromatic nitrogens is 2. The minimum atomic E-state index is -0.485. The fourth-order valence-electron chi connectivity index (χ4n) is 1.32. The van der Waals surface area contributed by atoms with Gasteiger partial charge in [0, 0.05) is 18.0 Å². The van der Waals surface area contributed by atoms with E-state index in [1.807, 2.05) is 20.8 Å². The highest BCUT2D eigenvalue weighted by Gasteiger charge is 2.18. The van der Waals surface area contributed by atoms with Gasteiger partial charge in [0.15, 0.2) is 0 Å². The van der Waals surface area contributed by atoms with Crippen molar-refractivity contribution < 1.29 is 9.53 Å². The molecule has 0 saturated carbocycles. The number of primary amides is 1. The molecule has 0 aromatic carbocycles. The van der Waals surface area contributed by atoms with Crippen LogP contribution in [0.3, 0.4) is 0 Å². The molecule has 0 radical (unpaired) electrons. The molecule has 7 nitrogen and oxygen atoms in total. The third-order valence-corrected chi connectivity index (χ3v) is 2.21. The Hall–Kier alpha value is -1.89. The van der Waals surface area contributed by atoms with E-state index in [-0.39, 0.29) is 12.0 Å². The zero-order valence-corrected chi connectivity index (χ0v) is 11.6. The fraction of sp³-hybridized carbons (Fsp3) is 0.583. The SMILES string of the molecule is CC(C)(C)c1nc(N)cc(NCCOCC(N)=O)n1. The Bertz CT molecular complexity index is 442. The summed E-state index contributed by atoms with van der Waals surface area (Å²) in [5.41, 5.74) is 10.5. The van der Waals surface area contributed by atoms with Crippen LogP contribution >= 0.6 is 0 Å². The van der Waals surface area contributed by atoms with Gasteiger partial charge in [0.1, 0.15) is 24.1 Å². The van der Waals surface area contributed by atoms with Crippen LogP contribution in [0.4, 0.5) is 11.6 Å². The van der Waals surface area contributed by atoms with Crippen LogP contribution in [0.25, 0.3) is 0 Å². The second-order valence-electron chi connectivity index (χ2n) is 5.20. The van der Waals surface area contributed by atoms with Crippen molar-refractivity contribution in [3.8, 4) is 0 Å². The van der Waals surface area contributed by atoms with E-state index in [0.29, 0.717) is 30.6 Å². The van der Waals surface area contributed by atoms with Crippen LogP contribution in [0.1, 0.15) is 26.6 Å². The van der Waals surface area contributed by atoms with Crippen molar-refractivity contribution in [2.75, 3.05) is 30.8 Å². The van der Waals surface area contributed by atoms with Crippen molar-refractivity contribution in [1.29, 1.82) is 0 Å². The lowest BCUT2D eigenvalue weighted by Crippen LogP contribution is -2.21. The van der Waals surface area contributed by atoms with Gasteiger partial charge in [0.05, 0.1) is 6.61 Å². The van der Waals surface area contributed by atoms with E-state index >= 15 is 0 Å².